The molecule has 2 aliphatic carbocycles. The van der Waals surface area contributed by atoms with E-state index in [2.05, 4.69) is 17.1 Å². The number of aryl methyl sites for hydroxylation is 1. The lowest BCUT2D eigenvalue weighted by Crippen LogP contribution is -2.29. The molecule has 3 heteroatoms. The summed E-state index contributed by atoms with van der Waals surface area (Å²) >= 11 is 0. The van der Waals surface area contributed by atoms with Gasteiger partial charge in [0.25, 0.3) is 0 Å². The van der Waals surface area contributed by atoms with Gasteiger partial charge in [-0.2, -0.15) is 0 Å². The van der Waals surface area contributed by atoms with Crippen LogP contribution in [-0.4, -0.2) is 10.2 Å². The number of fused-ring (bicyclic) bond motifs is 1. The highest BCUT2D eigenvalue weighted by molar-refractivity contribution is 4.97. The van der Waals surface area contributed by atoms with E-state index >= 15 is 0 Å². The zero-order chi connectivity index (χ0) is 11.8. The molecule has 2 aliphatic rings. The van der Waals surface area contributed by atoms with Gasteiger partial charge >= 0.3 is 0 Å². The van der Waals surface area contributed by atoms with Gasteiger partial charge in [0.15, 0.2) is 0 Å². The van der Waals surface area contributed by atoms with Crippen molar-refractivity contribution in [1.82, 2.24) is 10.2 Å². The van der Waals surface area contributed by atoms with Crippen molar-refractivity contribution in [2.45, 2.75) is 58.3 Å². The first kappa shape index (κ1) is 11.2. The second kappa shape index (κ2) is 4.43. The first-order valence-electron chi connectivity index (χ1n) is 7.02. The molecule has 0 amide bonds. The molecule has 0 aliphatic heterocycles. The third-order valence-corrected chi connectivity index (χ3v) is 4.77. The molecule has 4 unspecified atom stereocenters. The zero-order valence-corrected chi connectivity index (χ0v) is 10.9. The summed E-state index contributed by atoms with van der Waals surface area (Å²) < 4.78 is 5.60. The van der Waals surface area contributed by atoms with E-state index in [9.17, 15) is 0 Å². The first-order valence-corrected chi connectivity index (χ1v) is 7.02. The van der Waals surface area contributed by atoms with Crippen molar-refractivity contribution in [3.63, 3.8) is 0 Å². The molecule has 2 fully saturated rings. The third-order valence-electron chi connectivity index (χ3n) is 4.77. The molecule has 1 aromatic rings. The van der Waals surface area contributed by atoms with Crippen LogP contribution < -0.4 is 0 Å². The topological polar surface area (TPSA) is 38.9 Å². The normalized spacial score (nSPS) is 37.8. The van der Waals surface area contributed by atoms with Crippen LogP contribution in [0.1, 0.15) is 63.1 Å². The first-order chi connectivity index (χ1) is 8.22. The average molecular weight is 234 g/mol. The van der Waals surface area contributed by atoms with Crippen LogP contribution >= 0.6 is 0 Å². The van der Waals surface area contributed by atoms with Gasteiger partial charge in [-0.3, -0.25) is 0 Å². The van der Waals surface area contributed by atoms with Crippen molar-refractivity contribution in [2.24, 2.45) is 17.8 Å². The van der Waals surface area contributed by atoms with Gasteiger partial charge in [-0.25, -0.2) is 0 Å². The van der Waals surface area contributed by atoms with Gasteiger partial charge in [-0.05, 0) is 49.9 Å². The van der Waals surface area contributed by atoms with E-state index in [0.29, 0.717) is 11.8 Å². The molecule has 1 heterocycles. The molecule has 0 bridgehead atoms. The molecule has 0 aromatic carbocycles. The van der Waals surface area contributed by atoms with E-state index in [4.69, 9.17) is 4.42 Å². The standard InChI is InChI=1S/C14H22N2O/c1-9-3-4-12-8-13(6-5-11(12)7-9)14-16-15-10(2)17-14/h9,11-13H,3-8H2,1-2H3. The lowest BCUT2D eigenvalue weighted by molar-refractivity contribution is 0.117. The van der Waals surface area contributed by atoms with Gasteiger partial charge in [0.2, 0.25) is 11.8 Å². The Balaban J connectivity index is 1.68. The Morgan fingerprint density at radius 3 is 2.53 bits per heavy atom. The van der Waals surface area contributed by atoms with Gasteiger partial charge < -0.3 is 4.42 Å². The SMILES string of the molecule is Cc1nnc(C2CCC3CC(C)CCC3C2)o1. The van der Waals surface area contributed by atoms with Crippen LogP contribution in [0.5, 0.6) is 0 Å². The van der Waals surface area contributed by atoms with Crippen molar-refractivity contribution >= 4 is 0 Å². The monoisotopic (exact) mass is 234 g/mol. The summed E-state index contributed by atoms with van der Waals surface area (Å²) in [6.07, 6.45) is 8.15. The van der Waals surface area contributed by atoms with Crippen molar-refractivity contribution in [2.75, 3.05) is 0 Å². The fourth-order valence-corrected chi connectivity index (χ4v) is 3.82. The Hall–Kier alpha value is -0.860. The summed E-state index contributed by atoms with van der Waals surface area (Å²) in [4.78, 5) is 0. The predicted molar refractivity (Wildman–Crippen MR) is 65.6 cm³/mol. The number of nitrogens with zero attached hydrogens (tertiary/aromatic N) is 2. The second-order valence-corrected chi connectivity index (χ2v) is 6.11. The fourth-order valence-electron chi connectivity index (χ4n) is 3.82. The fraction of sp³-hybridized carbons (Fsp3) is 0.857. The largest absolute Gasteiger partial charge is 0.425 e. The number of hydrogen-bond donors (Lipinski definition) is 0. The van der Waals surface area contributed by atoms with Crippen LogP contribution in [0.25, 0.3) is 0 Å². The van der Waals surface area contributed by atoms with Crippen LogP contribution in [0, 0.1) is 24.7 Å². The number of rotatable bonds is 1. The maximum Gasteiger partial charge on any atom is 0.219 e. The van der Waals surface area contributed by atoms with Gasteiger partial charge in [0, 0.05) is 12.8 Å². The number of hydrogen-bond acceptors (Lipinski definition) is 3. The summed E-state index contributed by atoms with van der Waals surface area (Å²) in [5, 5.41) is 8.17. The van der Waals surface area contributed by atoms with E-state index in [1.165, 1.54) is 38.5 Å². The molecule has 3 nitrogen and oxygen atoms in total. The highest BCUT2D eigenvalue weighted by atomic mass is 16.4. The average Bonchev–Trinajstić information content (AvgIpc) is 2.75. The molecular formula is C14H22N2O. The molecule has 0 saturated heterocycles. The minimum atomic E-state index is 0.533. The minimum Gasteiger partial charge on any atom is -0.425 e. The number of aromatic nitrogens is 2. The third kappa shape index (κ3) is 2.24. The zero-order valence-electron chi connectivity index (χ0n) is 10.9. The lowest BCUT2D eigenvalue weighted by atomic mass is 9.65. The quantitative estimate of drug-likeness (QED) is 0.743. The highest BCUT2D eigenvalue weighted by Gasteiger charge is 2.36. The molecule has 1 aromatic heterocycles. The molecule has 2 saturated carbocycles. The summed E-state index contributed by atoms with van der Waals surface area (Å²) in [7, 11) is 0. The van der Waals surface area contributed by atoms with Crippen LogP contribution in [-0.2, 0) is 0 Å². The van der Waals surface area contributed by atoms with Crippen molar-refractivity contribution in [1.29, 1.82) is 0 Å². The van der Waals surface area contributed by atoms with Crippen LogP contribution in [0.3, 0.4) is 0 Å². The molecule has 0 radical (unpaired) electrons. The Kier molecular flexibility index (Phi) is 2.93. The molecule has 0 N–H and O–H groups in total. The molecule has 4 atom stereocenters. The molecule has 94 valence electrons. The Morgan fingerprint density at radius 1 is 1.00 bits per heavy atom. The highest BCUT2D eigenvalue weighted by Crippen LogP contribution is 2.47. The Labute approximate surface area is 103 Å². The van der Waals surface area contributed by atoms with Gasteiger partial charge in [-0.1, -0.05) is 13.3 Å². The second-order valence-electron chi connectivity index (χ2n) is 6.11. The Morgan fingerprint density at radius 2 is 1.76 bits per heavy atom. The van der Waals surface area contributed by atoms with E-state index in [1.807, 2.05) is 6.92 Å². The summed E-state index contributed by atoms with van der Waals surface area (Å²) in [5.74, 6) is 4.96. The lowest BCUT2D eigenvalue weighted by Gasteiger charge is -2.40. The van der Waals surface area contributed by atoms with E-state index in [0.717, 1.165) is 23.6 Å². The van der Waals surface area contributed by atoms with E-state index < -0.39 is 0 Å². The summed E-state index contributed by atoms with van der Waals surface area (Å²) in [6.45, 7) is 4.29. The molecule has 3 rings (SSSR count). The summed E-state index contributed by atoms with van der Waals surface area (Å²) in [6, 6.07) is 0. The maximum absolute atomic E-state index is 5.60. The predicted octanol–water partition coefficient (Wildman–Crippen LogP) is 3.70. The minimum absolute atomic E-state index is 0.533. The summed E-state index contributed by atoms with van der Waals surface area (Å²) in [5.41, 5.74) is 0. The Bertz CT molecular complexity index is 387. The van der Waals surface area contributed by atoms with Crippen LogP contribution in [0.4, 0.5) is 0 Å². The van der Waals surface area contributed by atoms with Gasteiger partial charge in [0.1, 0.15) is 0 Å². The van der Waals surface area contributed by atoms with Crippen molar-refractivity contribution in [3.05, 3.63) is 11.8 Å². The van der Waals surface area contributed by atoms with Gasteiger partial charge in [-0.15, -0.1) is 10.2 Å². The molecule has 0 spiro atoms. The van der Waals surface area contributed by atoms with E-state index in [-0.39, 0.29) is 0 Å². The van der Waals surface area contributed by atoms with Gasteiger partial charge in [0.05, 0.1) is 0 Å². The van der Waals surface area contributed by atoms with Crippen LogP contribution in [0.2, 0.25) is 0 Å². The maximum atomic E-state index is 5.60. The smallest absolute Gasteiger partial charge is 0.219 e. The van der Waals surface area contributed by atoms with Crippen molar-refractivity contribution in [3.8, 4) is 0 Å². The van der Waals surface area contributed by atoms with E-state index in [1.54, 1.807) is 0 Å². The van der Waals surface area contributed by atoms with Crippen molar-refractivity contribution < 1.29 is 4.42 Å². The van der Waals surface area contributed by atoms with Crippen LogP contribution in [0.15, 0.2) is 4.42 Å². The molecular weight excluding hydrogens is 212 g/mol. The molecule has 17 heavy (non-hydrogen) atoms.